The molecule has 3 rings (SSSR count). The van der Waals surface area contributed by atoms with Crippen molar-refractivity contribution in [1.82, 2.24) is 14.8 Å². The number of benzene rings is 1. The predicted molar refractivity (Wildman–Crippen MR) is 94.9 cm³/mol. The molecule has 0 radical (unpaired) electrons. The van der Waals surface area contributed by atoms with Gasteiger partial charge in [-0.2, -0.15) is 18.3 Å². The average molecular weight is 374 g/mol. The molecule has 0 saturated heterocycles. The molecule has 1 aromatic carbocycles. The molecule has 0 spiro atoms. The molecular formula is C19H17F3N4O. The van der Waals surface area contributed by atoms with Crippen molar-refractivity contribution in [3.05, 3.63) is 71.2 Å². The number of hydrogen-bond donors (Lipinski definition) is 1. The van der Waals surface area contributed by atoms with E-state index in [0.717, 1.165) is 6.07 Å². The van der Waals surface area contributed by atoms with Crippen molar-refractivity contribution in [2.75, 3.05) is 5.32 Å². The van der Waals surface area contributed by atoms with Crippen LogP contribution in [0.25, 0.3) is 5.82 Å². The van der Waals surface area contributed by atoms with Crippen LogP contribution in [0.15, 0.2) is 48.8 Å². The lowest BCUT2D eigenvalue weighted by atomic mass is 10.1. The molecule has 1 N–H and O–H groups in total. The number of rotatable bonds is 4. The number of halogens is 3. The summed E-state index contributed by atoms with van der Waals surface area (Å²) >= 11 is 0. The highest BCUT2D eigenvalue weighted by Gasteiger charge is 2.32. The summed E-state index contributed by atoms with van der Waals surface area (Å²) in [6, 6.07) is 9.02. The number of carbonyl (C=O) groups is 1. The van der Waals surface area contributed by atoms with Crippen LogP contribution in [0.4, 0.5) is 18.9 Å². The molecule has 0 atom stereocenters. The second-order valence-electron chi connectivity index (χ2n) is 5.94. The van der Waals surface area contributed by atoms with Gasteiger partial charge in [0, 0.05) is 11.9 Å². The van der Waals surface area contributed by atoms with Crippen LogP contribution in [0.1, 0.15) is 34.1 Å². The van der Waals surface area contributed by atoms with Crippen molar-refractivity contribution in [3.63, 3.8) is 0 Å². The minimum absolute atomic E-state index is 0.0746. The Balaban J connectivity index is 1.91. The number of alkyl halides is 3. The van der Waals surface area contributed by atoms with Crippen molar-refractivity contribution >= 4 is 11.6 Å². The molecule has 3 aromatic rings. The van der Waals surface area contributed by atoms with Crippen LogP contribution in [-0.2, 0) is 12.6 Å². The van der Waals surface area contributed by atoms with Crippen molar-refractivity contribution in [3.8, 4) is 5.82 Å². The minimum Gasteiger partial charge on any atom is -0.322 e. The monoisotopic (exact) mass is 374 g/mol. The van der Waals surface area contributed by atoms with Crippen LogP contribution in [0.2, 0.25) is 0 Å². The Bertz CT molecular complexity index is 965. The zero-order valence-corrected chi connectivity index (χ0v) is 14.7. The number of carbonyl (C=O) groups excluding carboxylic acids is 1. The van der Waals surface area contributed by atoms with Gasteiger partial charge in [0.1, 0.15) is 0 Å². The van der Waals surface area contributed by atoms with Crippen molar-refractivity contribution in [2.45, 2.75) is 26.4 Å². The van der Waals surface area contributed by atoms with E-state index in [1.165, 1.54) is 25.3 Å². The molecule has 2 heterocycles. The molecule has 0 saturated carbocycles. The van der Waals surface area contributed by atoms with E-state index in [4.69, 9.17) is 0 Å². The molecule has 0 aliphatic carbocycles. The zero-order chi connectivity index (χ0) is 19.6. The molecule has 140 valence electrons. The largest absolute Gasteiger partial charge is 0.416 e. The highest BCUT2D eigenvalue weighted by atomic mass is 19.4. The van der Waals surface area contributed by atoms with Crippen LogP contribution in [0, 0.1) is 6.92 Å². The zero-order valence-electron chi connectivity index (χ0n) is 14.7. The highest BCUT2D eigenvalue weighted by molar-refractivity contribution is 6.05. The number of nitrogens with zero attached hydrogens (tertiary/aromatic N) is 3. The summed E-state index contributed by atoms with van der Waals surface area (Å²) < 4.78 is 40.7. The number of hydrogen-bond acceptors (Lipinski definition) is 3. The maximum Gasteiger partial charge on any atom is 0.416 e. The molecule has 0 bridgehead atoms. The number of aryl methyl sites for hydroxylation is 1. The highest BCUT2D eigenvalue weighted by Crippen LogP contribution is 2.33. The molecule has 27 heavy (non-hydrogen) atoms. The normalized spacial score (nSPS) is 11.4. The van der Waals surface area contributed by atoms with Gasteiger partial charge in [0.2, 0.25) is 0 Å². The fraction of sp³-hybridized carbons (Fsp3) is 0.211. The summed E-state index contributed by atoms with van der Waals surface area (Å²) in [5, 5.41) is 6.73. The molecule has 0 unspecified atom stereocenters. The molecule has 1 amide bonds. The standard InChI is InChI=1S/C19H17F3N4O/c1-3-16-14(11-24-26(16)17-6-4-5-9-23-17)18(27)25-13-8-7-12(2)15(10-13)19(20,21)22/h4-11H,3H2,1-2H3,(H,25,27). The summed E-state index contributed by atoms with van der Waals surface area (Å²) in [5.74, 6) is 0.0362. The Morgan fingerprint density at radius 3 is 2.63 bits per heavy atom. The maximum absolute atomic E-state index is 13.1. The lowest BCUT2D eigenvalue weighted by molar-refractivity contribution is -0.138. The van der Waals surface area contributed by atoms with Gasteiger partial charge in [-0.25, -0.2) is 9.67 Å². The Kier molecular flexibility index (Phi) is 4.98. The first kappa shape index (κ1) is 18.6. The summed E-state index contributed by atoms with van der Waals surface area (Å²) in [7, 11) is 0. The molecule has 0 aliphatic heterocycles. The minimum atomic E-state index is -4.48. The summed E-state index contributed by atoms with van der Waals surface area (Å²) in [4.78, 5) is 16.8. The summed E-state index contributed by atoms with van der Waals surface area (Å²) in [5.41, 5.74) is 0.301. The van der Waals surface area contributed by atoms with E-state index in [1.807, 2.05) is 6.92 Å². The van der Waals surface area contributed by atoms with E-state index < -0.39 is 17.6 Å². The summed E-state index contributed by atoms with van der Waals surface area (Å²) in [6.07, 6.45) is -0.979. The second kappa shape index (κ2) is 7.22. The first-order valence-electron chi connectivity index (χ1n) is 8.28. The van der Waals surface area contributed by atoms with Crippen LogP contribution in [0.5, 0.6) is 0 Å². The van der Waals surface area contributed by atoms with Gasteiger partial charge in [-0.05, 0) is 43.2 Å². The Morgan fingerprint density at radius 1 is 1.22 bits per heavy atom. The van der Waals surface area contributed by atoms with Crippen molar-refractivity contribution < 1.29 is 18.0 Å². The van der Waals surface area contributed by atoms with E-state index in [-0.39, 0.29) is 16.8 Å². The van der Waals surface area contributed by atoms with Gasteiger partial charge < -0.3 is 5.32 Å². The van der Waals surface area contributed by atoms with Crippen LogP contribution >= 0.6 is 0 Å². The van der Waals surface area contributed by atoms with E-state index in [2.05, 4.69) is 15.4 Å². The predicted octanol–water partition coefficient (Wildman–Crippen LogP) is 4.41. The number of aromatic nitrogens is 3. The number of amides is 1. The lowest BCUT2D eigenvalue weighted by Gasteiger charge is -2.13. The fourth-order valence-electron chi connectivity index (χ4n) is 2.78. The molecular weight excluding hydrogens is 357 g/mol. The Hall–Kier alpha value is -3.16. The molecule has 2 aromatic heterocycles. The van der Waals surface area contributed by atoms with Crippen LogP contribution in [0.3, 0.4) is 0 Å². The van der Waals surface area contributed by atoms with Gasteiger partial charge in [-0.1, -0.05) is 19.1 Å². The average Bonchev–Trinajstić information content (AvgIpc) is 3.07. The fourth-order valence-corrected chi connectivity index (χ4v) is 2.78. The maximum atomic E-state index is 13.1. The van der Waals surface area contributed by atoms with E-state index in [1.54, 1.807) is 29.1 Å². The SMILES string of the molecule is CCc1c(C(=O)Nc2ccc(C)c(C(F)(F)F)c2)cnn1-c1ccccn1. The van der Waals surface area contributed by atoms with Gasteiger partial charge in [0.25, 0.3) is 5.91 Å². The van der Waals surface area contributed by atoms with Gasteiger partial charge >= 0.3 is 6.18 Å². The first-order valence-corrected chi connectivity index (χ1v) is 8.28. The van der Waals surface area contributed by atoms with Gasteiger partial charge in [-0.15, -0.1) is 0 Å². The van der Waals surface area contributed by atoms with E-state index in [0.29, 0.717) is 17.9 Å². The third-order valence-corrected chi connectivity index (χ3v) is 4.12. The van der Waals surface area contributed by atoms with Gasteiger partial charge in [0.05, 0.1) is 23.0 Å². The van der Waals surface area contributed by atoms with Crippen LogP contribution in [-0.4, -0.2) is 20.7 Å². The molecule has 0 aliphatic rings. The van der Waals surface area contributed by atoms with Crippen LogP contribution < -0.4 is 5.32 Å². The Morgan fingerprint density at radius 2 is 2.00 bits per heavy atom. The summed E-state index contributed by atoms with van der Waals surface area (Å²) in [6.45, 7) is 3.24. The van der Waals surface area contributed by atoms with E-state index >= 15 is 0 Å². The van der Waals surface area contributed by atoms with Crippen molar-refractivity contribution in [2.24, 2.45) is 0 Å². The topological polar surface area (TPSA) is 59.8 Å². The van der Waals surface area contributed by atoms with Crippen molar-refractivity contribution in [1.29, 1.82) is 0 Å². The number of nitrogens with one attached hydrogen (secondary N) is 1. The third kappa shape index (κ3) is 3.84. The molecule has 5 nitrogen and oxygen atoms in total. The third-order valence-electron chi connectivity index (χ3n) is 4.12. The first-order chi connectivity index (χ1) is 12.8. The number of pyridine rings is 1. The second-order valence-corrected chi connectivity index (χ2v) is 5.94. The number of anilines is 1. The van der Waals surface area contributed by atoms with Gasteiger partial charge in [-0.3, -0.25) is 4.79 Å². The van der Waals surface area contributed by atoms with E-state index in [9.17, 15) is 18.0 Å². The molecule has 8 heteroatoms. The molecule has 0 fully saturated rings. The quantitative estimate of drug-likeness (QED) is 0.736. The van der Waals surface area contributed by atoms with Gasteiger partial charge in [0.15, 0.2) is 5.82 Å². The Labute approximate surface area is 153 Å². The lowest BCUT2D eigenvalue weighted by Crippen LogP contribution is -2.16. The smallest absolute Gasteiger partial charge is 0.322 e.